The molecule has 98 valence electrons. The molecule has 2 rings (SSSR count). The molecule has 0 bridgehead atoms. The maximum absolute atomic E-state index is 11.9. The van der Waals surface area contributed by atoms with Crippen molar-refractivity contribution in [2.45, 2.75) is 6.92 Å². The molecule has 0 aliphatic carbocycles. The summed E-state index contributed by atoms with van der Waals surface area (Å²) in [6, 6.07) is 3.36. The number of carbonyl (C=O) groups is 2. The highest BCUT2D eigenvalue weighted by molar-refractivity contribution is 7.15. The summed E-state index contributed by atoms with van der Waals surface area (Å²) in [6.45, 7) is 1.85. The third-order valence-corrected chi connectivity index (χ3v) is 4.01. The van der Waals surface area contributed by atoms with Crippen LogP contribution in [0.3, 0.4) is 0 Å². The maximum atomic E-state index is 11.9. The summed E-state index contributed by atoms with van der Waals surface area (Å²) in [5, 5.41) is 13.6. The van der Waals surface area contributed by atoms with Gasteiger partial charge in [-0.1, -0.05) is 0 Å². The number of anilines is 1. The predicted octanol–water partition coefficient (Wildman–Crippen LogP) is 2.86. The van der Waals surface area contributed by atoms with Gasteiger partial charge in [-0.25, -0.2) is 9.78 Å². The van der Waals surface area contributed by atoms with Gasteiger partial charge in [-0.05, 0) is 25.1 Å². The van der Waals surface area contributed by atoms with E-state index in [4.69, 9.17) is 5.11 Å². The van der Waals surface area contributed by atoms with Gasteiger partial charge in [0.15, 0.2) is 5.13 Å². The lowest BCUT2D eigenvalue weighted by Gasteiger charge is -1.97. The molecule has 2 aromatic heterocycles. The van der Waals surface area contributed by atoms with Crippen LogP contribution < -0.4 is 5.32 Å². The molecule has 19 heavy (non-hydrogen) atoms. The Hall–Kier alpha value is -1.99. The van der Waals surface area contributed by atoms with E-state index >= 15 is 0 Å². The van der Waals surface area contributed by atoms with Gasteiger partial charge in [0.1, 0.15) is 0 Å². The fourth-order valence-electron chi connectivity index (χ4n) is 1.29. The van der Waals surface area contributed by atoms with Crippen molar-refractivity contribution in [2.24, 2.45) is 0 Å². The molecule has 2 heterocycles. The summed E-state index contributed by atoms with van der Waals surface area (Å²) >= 11 is 2.59. The van der Waals surface area contributed by atoms with Gasteiger partial charge in [0.2, 0.25) is 0 Å². The van der Waals surface area contributed by atoms with E-state index in [-0.39, 0.29) is 5.91 Å². The van der Waals surface area contributed by atoms with Crippen molar-refractivity contribution in [3.05, 3.63) is 39.0 Å². The number of nitrogens with zero attached hydrogens (tertiary/aromatic N) is 1. The Bertz CT molecular complexity index is 643. The van der Waals surface area contributed by atoms with E-state index in [0.29, 0.717) is 14.9 Å². The van der Waals surface area contributed by atoms with Crippen LogP contribution in [0.4, 0.5) is 5.13 Å². The van der Waals surface area contributed by atoms with Crippen molar-refractivity contribution in [1.29, 1.82) is 0 Å². The fourth-order valence-corrected chi connectivity index (χ4v) is 2.78. The lowest BCUT2D eigenvalue weighted by atomic mass is 10.4. The lowest BCUT2D eigenvalue weighted by Crippen LogP contribution is -2.09. The second-order valence-electron chi connectivity index (χ2n) is 3.62. The van der Waals surface area contributed by atoms with E-state index in [1.807, 2.05) is 12.3 Å². The monoisotopic (exact) mass is 294 g/mol. The first kappa shape index (κ1) is 13.4. The summed E-state index contributed by atoms with van der Waals surface area (Å²) in [4.78, 5) is 27.7. The average Bonchev–Trinajstić information content (AvgIpc) is 2.95. The zero-order valence-corrected chi connectivity index (χ0v) is 11.5. The number of thiazole rings is 1. The SMILES string of the molecule is Cc1csc(NC(=O)c2ccc(/C=C/C(=O)O)s2)n1. The number of aryl methyl sites for hydroxylation is 1. The Morgan fingerprint density at radius 1 is 1.42 bits per heavy atom. The molecule has 0 fully saturated rings. The van der Waals surface area contributed by atoms with Gasteiger partial charge < -0.3 is 5.11 Å². The number of hydrogen-bond acceptors (Lipinski definition) is 5. The first-order chi connectivity index (χ1) is 9.04. The van der Waals surface area contributed by atoms with E-state index in [1.54, 1.807) is 12.1 Å². The normalized spacial score (nSPS) is 10.8. The summed E-state index contributed by atoms with van der Waals surface area (Å²) < 4.78 is 0. The van der Waals surface area contributed by atoms with Crippen molar-refractivity contribution in [2.75, 3.05) is 5.32 Å². The molecule has 0 atom stereocenters. The number of amides is 1. The molecular formula is C12H10N2O3S2. The molecule has 0 aliphatic heterocycles. The molecule has 0 saturated carbocycles. The van der Waals surface area contributed by atoms with E-state index in [1.165, 1.54) is 28.7 Å². The Balaban J connectivity index is 2.06. The van der Waals surface area contributed by atoms with Gasteiger partial charge in [-0.2, -0.15) is 0 Å². The van der Waals surface area contributed by atoms with Crippen LogP contribution in [0.5, 0.6) is 0 Å². The second-order valence-corrected chi connectivity index (χ2v) is 5.60. The van der Waals surface area contributed by atoms with Crippen LogP contribution in [0, 0.1) is 6.92 Å². The van der Waals surface area contributed by atoms with Gasteiger partial charge in [0.25, 0.3) is 5.91 Å². The van der Waals surface area contributed by atoms with Gasteiger partial charge in [-0.3, -0.25) is 10.1 Å². The van der Waals surface area contributed by atoms with E-state index in [2.05, 4.69) is 10.3 Å². The smallest absolute Gasteiger partial charge is 0.328 e. The molecule has 2 N–H and O–H groups in total. The maximum Gasteiger partial charge on any atom is 0.328 e. The molecule has 0 aromatic carbocycles. The molecular weight excluding hydrogens is 284 g/mol. The number of carbonyl (C=O) groups excluding carboxylic acids is 1. The van der Waals surface area contributed by atoms with Crippen molar-refractivity contribution in [3.63, 3.8) is 0 Å². The number of aliphatic carboxylic acids is 1. The van der Waals surface area contributed by atoms with Crippen LogP contribution in [-0.4, -0.2) is 22.0 Å². The van der Waals surface area contributed by atoms with Crippen LogP contribution >= 0.6 is 22.7 Å². The first-order valence-corrected chi connectivity index (χ1v) is 6.98. The third kappa shape index (κ3) is 3.73. The van der Waals surface area contributed by atoms with E-state index in [0.717, 1.165) is 11.8 Å². The number of aromatic nitrogens is 1. The van der Waals surface area contributed by atoms with Crippen LogP contribution in [0.25, 0.3) is 6.08 Å². The quantitative estimate of drug-likeness (QED) is 0.850. The molecule has 2 aromatic rings. The van der Waals surface area contributed by atoms with Crippen LogP contribution in [0.1, 0.15) is 20.2 Å². The molecule has 0 aliphatic rings. The van der Waals surface area contributed by atoms with Crippen LogP contribution in [-0.2, 0) is 4.79 Å². The molecule has 7 heteroatoms. The van der Waals surface area contributed by atoms with Crippen molar-refractivity contribution in [3.8, 4) is 0 Å². The molecule has 5 nitrogen and oxygen atoms in total. The van der Waals surface area contributed by atoms with Crippen LogP contribution in [0.15, 0.2) is 23.6 Å². The van der Waals surface area contributed by atoms with E-state index in [9.17, 15) is 9.59 Å². The van der Waals surface area contributed by atoms with Gasteiger partial charge in [0.05, 0.1) is 10.6 Å². The highest BCUT2D eigenvalue weighted by Crippen LogP contribution is 2.21. The average molecular weight is 294 g/mol. The number of nitrogens with one attached hydrogen (secondary N) is 1. The minimum Gasteiger partial charge on any atom is -0.478 e. The number of carboxylic acids is 1. The zero-order valence-electron chi connectivity index (χ0n) is 9.91. The number of thiophene rings is 1. The zero-order chi connectivity index (χ0) is 13.8. The Labute approximate surface area is 117 Å². The largest absolute Gasteiger partial charge is 0.478 e. The molecule has 0 unspecified atom stereocenters. The summed E-state index contributed by atoms with van der Waals surface area (Å²) in [7, 11) is 0. The highest BCUT2D eigenvalue weighted by Gasteiger charge is 2.10. The minimum absolute atomic E-state index is 0.241. The molecule has 0 saturated heterocycles. The van der Waals surface area contributed by atoms with Crippen molar-refractivity contribution in [1.82, 2.24) is 4.98 Å². The van der Waals surface area contributed by atoms with Gasteiger partial charge in [-0.15, -0.1) is 22.7 Å². The topological polar surface area (TPSA) is 79.3 Å². The van der Waals surface area contributed by atoms with Gasteiger partial charge >= 0.3 is 5.97 Å². The summed E-state index contributed by atoms with van der Waals surface area (Å²) in [6.07, 6.45) is 2.50. The van der Waals surface area contributed by atoms with Gasteiger partial charge in [0, 0.05) is 16.3 Å². The number of rotatable bonds is 4. The lowest BCUT2D eigenvalue weighted by molar-refractivity contribution is -0.131. The highest BCUT2D eigenvalue weighted by atomic mass is 32.1. The minimum atomic E-state index is -1.02. The summed E-state index contributed by atoms with van der Waals surface area (Å²) in [5.74, 6) is -1.26. The Kier molecular flexibility index (Phi) is 4.08. The fraction of sp³-hybridized carbons (Fsp3) is 0.0833. The standard InChI is InChI=1S/C12H10N2O3S2/c1-7-6-18-12(13-7)14-11(17)9-4-2-8(19-9)3-5-10(15)16/h2-6H,1H3,(H,15,16)(H,13,14,17)/b5-3+. The molecule has 1 amide bonds. The van der Waals surface area contributed by atoms with Crippen molar-refractivity contribution >= 4 is 45.8 Å². The van der Waals surface area contributed by atoms with Crippen molar-refractivity contribution < 1.29 is 14.7 Å². The molecule has 0 spiro atoms. The Morgan fingerprint density at radius 2 is 2.21 bits per heavy atom. The summed E-state index contributed by atoms with van der Waals surface area (Å²) in [5.41, 5.74) is 0.858. The van der Waals surface area contributed by atoms with Crippen LogP contribution in [0.2, 0.25) is 0 Å². The Morgan fingerprint density at radius 3 is 2.84 bits per heavy atom. The third-order valence-electron chi connectivity index (χ3n) is 2.08. The number of hydrogen-bond donors (Lipinski definition) is 2. The first-order valence-electron chi connectivity index (χ1n) is 5.29. The van der Waals surface area contributed by atoms with E-state index < -0.39 is 5.97 Å². The number of carboxylic acid groups (broad SMARTS) is 1. The molecule has 0 radical (unpaired) electrons. The predicted molar refractivity (Wildman–Crippen MR) is 75.8 cm³/mol. The second kappa shape index (κ2) is 5.77.